The van der Waals surface area contributed by atoms with Gasteiger partial charge in [0.25, 0.3) is 0 Å². The molecule has 4 nitrogen and oxygen atoms in total. The highest BCUT2D eigenvalue weighted by molar-refractivity contribution is 6.33. The maximum atomic E-state index is 6.19. The minimum atomic E-state index is 0.358. The summed E-state index contributed by atoms with van der Waals surface area (Å²) < 4.78 is 0. The van der Waals surface area contributed by atoms with Gasteiger partial charge in [-0.2, -0.15) is 0 Å². The Bertz CT molecular complexity index is 453. The van der Waals surface area contributed by atoms with Gasteiger partial charge in [0, 0.05) is 0 Å². The first-order valence-electron chi connectivity index (χ1n) is 6.76. The van der Waals surface area contributed by atoms with Gasteiger partial charge in [-0.05, 0) is 37.5 Å². The number of hydrogen-bond donors (Lipinski definition) is 3. The Kier molecular flexibility index (Phi) is 5.05. The molecular weight excluding hydrogens is 260 g/mol. The first-order chi connectivity index (χ1) is 9.19. The maximum Gasteiger partial charge on any atom is 0.210 e. The highest BCUT2D eigenvalue weighted by Crippen LogP contribution is 2.23. The molecule has 5 heteroatoms. The van der Waals surface area contributed by atoms with Crippen molar-refractivity contribution in [2.75, 3.05) is 5.32 Å². The number of hydrazine groups is 1. The predicted molar refractivity (Wildman–Crippen MR) is 81.4 cm³/mol. The fraction of sp³-hybridized carbons (Fsp3) is 0.500. The van der Waals surface area contributed by atoms with Crippen molar-refractivity contribution in [2.45, 2.75) is 45.1 Å². The van der Waals surface area contributed by atoms with E-state index in [1.807, 2.05) is 25.1 Å². The number of aryl methyl sites for hydroxylation is 1. The zero-order valence-corrected chi connectivity index (χ0v) is 12.0. The van der Waals surface area contributed by atoms with Gasteiger partial charge in [0.1, 0.15) is 0 Å². The van der Waals surface area contributed by atoms with Crippen molar-refractivity contribution < 1.29 is 0 Å². The van der Waals surface area contributed by atoms with Gasteiger partial charge >= 0.3 is 0 Å². The number of rotatable bonds is 2. The van der Waals surface area contributed by atoms with Crippen LogP contribution in [-0.2, 0) is 0 Å². The van der Waals surface area contributed by atoms with Gasteiger partial charge in [0.2, 0.25) is 5.96 Å². The van der Waals surface area contributed by atoms with Gasteiger partial charge in [-0.1, -0.05) is 36.9 Å². The number of guanidine groups is 1. The number of hydrogen-bond acceptors (Lipinski definition) is 2. The fourth-order valence-corrected chi connectivity index (χ4v) is 2.63. The molecule has 0 saturated heterocycles. The SMILES string of the molecule is Cc1ccc(NC(=NC2CCCCC2)NN)c(Cl)c1. The molecule has 0 unspecified atom stereocenters. The monoisotopic (exact) mass is 280 g/mol. The zero-order chi connectivity index (χ0) is 13.7. The summed E-state index contributed by atoms with van der Waals surface area (Å²) in [6.45, 7) is 2.01. The quantitative estimate of drug-likeness (QED) is 0.337. The molecule has 1 aromatic carbocycles. The molecule has 0 heterocycles. The van der Waals surface area contributed by atoms with E-state index in [1.165, 1.54) is 19.3 Å². The van der Waals surface area contributed by atoms with E-state index < -0.39 is 0 Å². The lowest BCUT2D eigenvalue weighted by molar-refractivity contribution is 0.442. The summed E-state index contributed by atoms with van der Waals surface area (Å²) in [6.07, 6.45) is 6.08. The number of benzene rings is 1. The number of nitrogens with zero attached hydrogens (tertiary/aromatic N) is 1. The molecule has 0 aromatic heterocycles. The average Bonchev–Trinajstić information content (AvgIpc) is 2.42. The molecule has 2 rings (SSSR count). The topological polar surface area (TPSA) is 62.4 Å². The van der Waals surface area contributed by atoms with Crippen molar-refractivity contribution in [1.82, 2.24) is 5.43 Å². The first kappa shape index (κ1) is 14.2. The van der Waals surface area contributed by atoms with E-state index in [4.69, 9.17) is 17.4 Å². The van der Waals surface area contributed by atoms with Gasteiger partial charge < -0.3 is 5.32 Å². The average molecular weight is 281 g/mol. The molecule has 0 amide bonds. The van der Waals surface area contributed by atoms with Gasteiger partial charge in [-0.15, -0.1) is 0 Å². The zero-order valence-electron chi connectivity index (χ0n) is 11.2. The highest BCUT2D eigenvalue weighted by Gasteiger charge is 2.13. The van der Waals surface area contributed by atoms with Crippen LogP contribution >= 0.6 is 11.6 Å². The fourth-order valence-electron chi connectivity index (χ4n) is 2.35. The third kappa shape index (κ3) is 4.11. The summed E-state index contributed by atoms with van der Waals surface area (Å²) in [5, 5.41) is 3.83. The molecule has 1 aromatic rings. The summed E-state index contributed by atoms with van der Waals surface area (Å²) in [5.41, 5.74) is 4.57. The molecule has 1 aliphatic carbocycles. The number of halogens is 1. The van der Waals surface area contributed by atoms with Crippen molar-refractivity contribution >= 4 is 23.2 Å². The Balaban J connectivity index is 2.07. The summed E-state index contributed by atoms with van der Waals surface area (Å²) in [5.74, 6) is 6.11. The maximum absolute atomic E-state index is 6.19. The van der Waals surface area contributed by atoms with E-state index in [2.05, 4.69) is 15.7 Å². The van der Waals surface area contributed by atoms with Crippen LogP contribution in [0.1, 0.15) is 37.7 Å². The van der Waals surface area contributed by atoms with Crippen LogP contribution in [0.25, 0.3) is 0 Å². The van der Waals surface area contributed by atoms with Crippen LogP contribution < -0.4 is 16.6 Å². The van der Waals surface area contributed by atoms with E-state index in [9.17, 15) is 0 Å². The molecule has 1 saturated carbocycles. The van der Waals surface area contributed by atoms with E-state index >= 15 is 0 Å². The van der Waals surface area contributed by atoms with Gasteiger partial charge in [-0.3, -0.25) is 5.43 Å². The van der Waals surface area contributed by atoms with Crippen LogP contribution in [0.5, 0.6) is 0 Å². The molecule has 0 atom stereocenters. The van der Waals surface area contributed by atoms with Crippen molar-refractivity contribution in [1.29, 1.82) is 0 Å². The van der Waals surface area contributed by atoms with Crippen LogP contribution in [0, 0.1) is 6.92 Å². The lowest BCUT2D eigenvalue weighted by atomic mass is 9.96. The second-order valence-corrected chi connectivity index (χ2v) is 5.43. The molecule has 104 valence electrons. The predicted octanol–water partition coefficient (Wildman–Crippen LogP) is 3.21. The van der Waals surface area contributed by atoms with Gasteiger partial charge in [0.15, 0.2) is 0 Å². The molecular formula is C14H21ClN4. The molecule has 0 aliphatic heterocycles. The van der Waals surface area contributed by atoms with Crippen molar-refractivity contribution in [3.05, 3.63) is 28.8 Å². The third-order valence-electron chi connectivity index (χ3n) is 3.40. The molecule has 0 spiro atoms. The van der Waals surface area contributed by atoms with Crippen LogP contribution in [-0.4, -0.2) is 12.0 Å². The largest absolute Gasteiger partial charge is 0.324 e. The van der Waals surface area contributed by atoms with Crippen molar-refractivity contribution in [2.24, 2.45) is 10.8 Å². The minimum absolute atomic E-state index is 0.358. The Morgan fingerprint density at radius 2 is 2.05 bits per heavy atom. The Labute approximate surface area is 119 Å². The van der Waals surface area contributed by atoms with Crippen LogP contribution in [0.2, 0.25) is 5.02 Å². The number of aliphatic imine (C=N–C) groups is 1. The molecule has 1 aliphatic rings. The van der Waals surface area contributed by atoms with E-state index in [0.717, 1.165) is 24.1 Å². The Hall–Kier alpha value is -1.26. The standard InChI is InChI=1S/C14H21ClN4/c1-10-7-8-13(12(15)9-10)18-14(19-16)17-11-5-3-2-4-6-11/h7-9,11H,2-6,16H2,1H3,(H2,17,18,19). The first-order valence-corrected chi connectivity index (χ1v) is 7.14. The third-order valence-corrected chi connectivity index (χ3v) is 3.71. The normalized spacial score (nSPS) is 17.3. The van der Waals surface area contributed by atoms with E-state index in [-0.39, 0.29) is 0 Å². The summed E-state index contributed by atoms with van der Waals surface area (Å²) >= 11 is 6.19. The number of anilines is 1. The number of nitrogens with two attached hydrogens (primary N) is 1. The van der Waals surface area contributed by atoms with Crippen molar-refractivity contribution in [3.8, 4) is 0 Å². The van der Waals surface area contributed by atoms with Crippen molar-refractivity contribution in [3.63, 3.8) is 0 Å². The lowest BCUT2D eigenvalue weighted by Gasteiger charge is -2.19. The summed E-state index contributed by atoms with van der Waals surface area (Å²) in [4.78, 5) is 4.62. The Morgan fingerprint density at radius 3 is 2.68 bits per heavy atom. The van der Waals surface area contributed by atoms with E-state index in [1.54, 1.807) is 0 Å². The van der Waals surface area contributed by atoms with E-state index in [0.29, 0.717) is 17.0 Å². The highest BCUT2D eigenvalue weighted by atomic mass is 35.5. The molecule has 19 heavy (non-hydrogen) atoms. The van der Waals surface area contributed by atoms with Crippen LogP contribution in [0.3, 0.4) is 0 Å². The van der Waals surface area contributed by atoms with Crippen LogP contribution in [0.15, 0.2) is 23.2 Å². The van der Waals surface area contributed by atoms with Crippen LogP contribution in [0.4, 0.5) is 5.69 Å². The summed E-state index contributed by atoms with van der Waals surface area (Å²) in [6, 6.07) is 6.21. The number of nitrogens with one attached hydrogen (secondary N) is 2. The van der Waals surface area contributed by atoms with Gasteiger partial charge in [-0.25, -0.2) is 10.8 Å². The minimum Gasteiger partial charge on any atom is -0.324 e. The molecule has 1 fully saturated rings. The molecule has 0 bridgehead atoms. The molecule has 0 radical (unpaired) electrons. The summed E-state index contributed by atoms with van der Waals surface area (Å²) in [7, 11) is 0. The lowest BCUT2D eigenvalue weighted by Crippen LogP contribution is -2.37. The Morgan fingerprint density at radius 1 is 1.32 bits per heavy atom. The van der Waals surface area contributed by atoms with Gasteiger partial charge in [0.05, 0.1) is 16.8 Å². The molecule has 4 N–H and O–H groups in total. The second-order valence-electron chi connectivity index (χ2n) is 5.02. The smallest absolute Gasteiger partial charge is 0.210 e. The second kappa shape index (κ2) is 6.78.